The van der Waals surface area contributed by atoms with Crippen LogP contribution < -0.4 is 0 Å². The van der Waals surface area contributed by atoms with Gasteiger partial charge in [0.1, 0.15) is 11.2 Å². The zero-order valence-corrected chi connectivity index (χ0v) is 19.2. The first-order valence-electron chi connectivity index (χ1n) is 12.3. The van der Waals surface area contributed by atoms with E-state index >= 15 is 0 Å². The predicted molar refractivity (Wildman–Crippen MR) is 144 cm³/mol. The number of rotatable bonds is 0. The molecular weight excluding hydrogens is 440 g/mol. The van der Waals surface area contributed by atoms with E-state index in [1.807, 2.05) is 12.1 Å². The van der Waals surface area contributed by atoms with E-state index in [9.17, 15) is 0 Å². The van der Waals surface area contributed by atoms with Gasteiger partial charge in [0.25, 0.3) is 0 Å². The number of aromatic amines is 1. The molecule has 3 aliphatic rings. The van der Waals surface area contributed by atoms with Gasteiger partial charge < -0.3 is 9.40 Å². The Morgan fingerprint density at radius 1 is 0.639 bits per heavy atom. The third-order valence-corrected chi connectivity index (χ3v) is 8.39. The average molecular weight is 459 g/mol. The summed E-state index contributed by atoms with van der Waals surface area (Å²) in [5.74, 6) is 0.144. The van der Waals surface area contributed by atoms with Crippen molar-refractivity contribution in [3.63, 3.8) is 0 Å². The third-order valence-electron chi connectivity index (χ3n) is 8.39. The van der Waals surface area contributed by atoms with Crippen LogP contribution in [0.15, 0.2) is 95.4 Å². The van der Waals surface area contributed by atoms with Gasteiger partial charge in [-0.25, -0.2) is 4.85 Å². The van der Waals surface area contributed by atoms with Crippen LogP contribution in [0.5, 0.6) is 0 Å². The first-order chi connectivity index (χ1) is 17.8. The van der Waals surface area contributed by atoms with Crippen LogP contribution in [0.3, 0.4) is 0 Å². The maximum Gasteiger partial charge on any atom is 0.193 e. The van der Waals surface area contributed by atoms with Crippen molar-refractivity contribution in [3.05, 3.63) is 136 Å². The minimum atomic E-state index is 0.0609. The predicted octanol–water partition coefficient (Wildman–Crippen LogP) is 8.76. The summed E-state index contributed by atoms with van der Waals surface area (Å²) < 4.78 is 6.52. The Bertz CT molecular complexity index is 2090. The highest BCUT2D eigenvalue weighted by Gasteiger charge is 2.43. The number of para-hydroxylation sites is 1. The largest absolute Gasteiger partial charge is 0.455 e. The molecular formula is C33H18N2O. The molecule has 0 radical (unpaired) electrons. The molecule has 0 aliphatic heterocycles. The molecule has 2 heterocycles. The van der Waals surface area contributed by atoms with Gasteiger partial charge in [-0.1, -0.05) is 66.7 Å². The number of hydrogen-bond acceptors (Lipinski definition) is 1. The van der Waals surface area contributed by atoms with E-state index in [0.717, 1.165) is 49.6 Å². The number of nitrogens with one attached hydrogen (secondary N) is 1. The summed E-state index contributed by atoms with van der Waals surface area (Å²) in [5, 5.41) is 4.57. The van der Waals surface area contributed by atoms with Crippen molar-refractivity contribution >= 4 is 49.4 Å². The highest BCUT2D eigenvalue weighted by molar-refractivity contribution is 6.24. The molecule has 0 unspecified atom stereocenters. The highest BCUT2D eigenvalue weighted by atomic mass is 16.3. The summed E-state index contributed by atoms with van der Waals surface area (Å²) in [5.41, 5.74) is 12.4. The molecule has 0 atom stereocenters. The van der Waals surface area contributed by atoms with E-state index in [4.69, 9.17) is 11.0 Å². The summed E-state index contributed by atoms with van der Waals surface area (Å²) in [6.07, 6.45) is 0. The normalized spacial score (nSPS) is 17.4. The van der Waals surface area contributed by atoms with Crippen LogP contribution in [0.4, 0.5) is 5.69 Å². The Hall–Kier alpha value is -4.81. The summed E-state index contributed by atoms with van der Waals surface area (Å²) >= 11 is 0. The minimum absolute atomic E-state index is 0.0609. The Balaban J connectivity index is 1.53. The van der Waals surface area contributed by atoms with Crippen LogP contribution in [-0.4, -0.2) is 4.98 Å². The fourth-order valence-electron chi connectivity index (χ4n) is 7.08. The van der Waals surface area contributed by atoms with Gasteiger partial charge in [0.2, 0.25) is 0 Å². The molecule has 10 rings (SSSR count). The standard InChI is InChI=1S/C33H18N2O/c1-34-24-16-25-30(31-23(35-25)15-14-22-17-8-6-7-13-26(17)36-33(22)31)32-28-20-11-4-2-9-18(20)27(29(24)32)19-10-3-5-12-21(19)28/h2-16,27-28,35H. The number of fused-ring (bicyclic) bond motifs is 7. The van der Waals surface area contributed by atoms with Crippen molar-refractivity contribution in [1.29, 1.82) is 0 Å². The Labute approximate surface area is 206 Å². The molecule has 3 heteroatoms. The lowest BCUT2D eigenvalue weighted by Crippen LogP contribution is -2.27. The monoisotopic (exact) mass is 458 g/mol. The summed E-state index contributed by atoms with van der Waals surface area (Å²) in [4.78, 5) is 7.72. The third kappa shape index (κ3) is 2.02. The van der Waals surface area contributed by atoms with Gasteiger partial charge in [0.05, 0.1) is 17.5 Å². The molecule has 0 saturated heterocycles. The molecule has 0 amide bonds. The van der Waals surface area contributed by atoms with Crippen LogP contribution in [-0.2, 0) is 0 Å². The number of hydrogen-bond donors (Lipinski definition) is 1. The summed E-state index contributed by atoms with van der Waals surface area (Å²) in [7, 11) is 0. The molecule has 7 aromatic rings. The second kappa shape index (κ2) is 6.24. The van der Waals surface area contributed by atoms with Crippen LogP contribution in [0.2, 0.25) is 0 Å². The summed E-state index contributed by atoms with van der Waals surface area (Å²) in [6.45, 7) is 8.14. The SMILES string of the molecule is [C-]#[N+]c1cc2[nH]c3ccc4c5ccccc5oc4c3c2c2c1C1c3ccccc3C2c2ccccc21. The maximum absolute atomic E-state index is 8.14. The molecule has 2 bridgehead atoms. The van der Waals surface area contributed by atoms with Gasteiger partial charge in [0, 0.05) is 33.5 Å². The van der Waals surface area contributed by atoms with Gasteiger partial charge >= 0.3 is 0 Å². The highest BCUT2D eigenvalue weighted by Crippen LogP contribution is 2.60. The van der Waals surface area contributed by atoms with Gasteiger partial charge in [-0.3, -0.25) is 0 Å². The van der Waals surface area contributed by atoms with Crippen LogP contribution in [0.25, 0.3) is 48.6 Å². The quantitative estimate of drug-likeness (QED) is 0.226. The molecule has 0 saturated carbocycles. The number of furan rings is 1. The molecule has 1 N–H and O–H groups in total. The molecule has 166 valence electrons. The van der Waals surface area contributed by atoms with Crippen molar-refractivity contribution in [3.8, 4) is 0 Å². The maximum atomic E-state index is 8.14. The van der Waals surface area contributed by atoms with E-state index in [2.05, 4.69) is 88.7 Å². The number of benzene rings is 5. The number of nitrogens with zero attached hydrogens (tertiary/aromatic N) is 1. The zero-order chi connectivity index (χ0) is 23.5. The molecule has 3 nitrogen and oxygen atoms in total. The van der Waals surface area contributed by atoms with Gasteiger partial charge in [0.15, 0.2) is 5.69 Å². The van der Waals surface area contributed by atoms with Gasteiger partial charge in [-0.15, -0.1) is 0 Å². The second-order valence-electron chi connectivity index (χ2n) is 9.97. The first kappa shape index (κ1) is 18.5. The van der Waals surface area contributed by atoms with Gasteiger partial charge in [-0.2, -0.15) is 0 Å². The summed E-state index contributed by atoms with van der Waals surface area (Å²) in [6, 6.07) is 32.2. The van der Waals surface area contributed by atoms with E-state index in [1.165, 1.54) is 33.2 Å². The van der Waals surface area contributed by atoms with E-state index in [-0.39, 0.29) is 11.8 Å². The fraction of sp³-hybridized carbons (Fsp3) is 0.0606. The molecule has 2 aromatic heterocycles. The first-order valence-corrected chi connectivity index (χ1v) is 12.3. The van der Waals surface area contributed by atoms with Gasteiger partial charge in [-0.05, 0) is 57.6 Å². The zero-order valence-electron chi connectivity index (χ0n) is 19.2. The van der Waals surface area contributed by atoms with Crippen molar-refractivity contribution < 1.29 is 4.42 Å². The van der Waals surface area contributed by atoms with E-state index in [0.29, 0.717) is 0 Å². The van der Waals surface area contributed by atoms with Crippen molar-refractivity contribution in [2.75, 3.05) is 0 Å². The Morgan fingerprint density at radius 3 is 1.97 bits per heavy atom. The number of aromatic nitrogens is 1. The molecule has 3 aliphatic carbocycles. The van der Waals surface area contributed by atoms with Crippen LogP contribution >= 0.6 is 0 Å². The molecule has 0 spiro atoms. The molecule has 0 fully saturated rings. The van der Waals surface area contributed by atoms with Crippen molar-refractivity contribution in [2.45, 2.75) is 11.8 Å². The van der Waals surface area contributed by atoms with Crippen LogP contribution in [0, 0.1) is 6.57 Å². The lowest BCUT2D eigenvalue weighted by molar-refractivity contribution is 0.673. The lowest BCUT2D eigenvalue weighted by Gasteiger charge is -2.43. The molecule has 5 aromatic carbocycles. The Kier molecular flexibility index (Phi) is 3.21. The van der Waals surface area contributed by atoms with Crippen LogP contribution in [0.1, 0.15) is 45.2 Å². The smallest absolute Gasteiger partial charge is 0.193 e. The van der Waals surface area contributed by atoms with Crippen molar-refractivity contribution in [1.82, 2.24) is 4.98 Å². The second-order valence-corrected chi connectivity index (χ2v) is 9.97. The Morgan fingerprint density at radius 2 is 1.28 bits per heavy atom. The van der Waals surface area contributed by atoms with Crippen molar-refractivity contribution in [2.24, 2.45) is 0 Å². The topological polar surface area (TPSA) is 33.3 Å². The number of H-pyrrole nitrogens is 1. The van der Waals surface area contributed by atoms with E-state index in [1.54, 1.807) is 0 Å². The molecule has 36 heavy (non-hydrogen) atoms. The fourth-order valence-corrected chi connectivity index (χ4v) is 7.08. The van der Waals surface area contributed by atoms with E-state index < -0.39 is 0 Å². The average Bonchev–Trinajstić information content (AvgIpc) is 3.50. The lowest BCUT2D eigenvalue weighted by atomic mass is 9.60. The minimum Gasteiger partial charge on any atom is -0.455 e.